The molecule has 1 unspecified atom stereocenters. The lowest BCUT2D eigenvalue weighted by molar-refractivity contribution is -0.441. The molecule has 0 radical (unpaired) electrons. The number of carbonyl (C=O) groups is 1. The standard InChI is InChI=1S/C38H48N2O10S2/c1-37(2)30-26-28(51(43,44)45)17-19-32(30)40(23-25-50-5)34(37)14-10-7-6-8-11-15-35-38(3,21-24-49-4)31-27-29(52(46,47)48)18-20-33(31)39(35)22-13-9-12-16-36(41)42/h6-8,10-11,14-15,17-20,26-27H,9,12-13,16,21-25H2,1-5H3,(H2-,41,42,43,44,45,46,47,48)/p+1. The van der Waals surface area contributed by atoms with Gasteiger partial charge in [0, 0.05) is 68.3 Å². The minimum Gasteiger partial charge on any atom is -0.481 e. The number of ether oxygens (including phenoxy) is 2. The molecule has 2 aliphatic heterocycles. The van der Waals surface area contributed by atoms with Crippen molar-refractivity contribution in [1.29, 1.82) is 0 Å². The molecule has 0 bridgehead atoms. The molecule has 0 aromatic heterocycles. The van der Waals surface area contributed by atoms with E-state index in [2.05, 4.69) is 9.48 Å². The molecular formula is C38H49N2O10S2+. The zero-order chi connectivity index (χ0) is 38.3. The minimum absolute atomic E-state index is 0.0932. The van der Waals surface area contributed by atoms with E-state index < -0.39 is 37.0 Å². The number of hydrogen-bond donors (Lipinski definition) is 3. The molecule has 0 saturated heterocycles. The average Bonchev–Trinajstić information content (AvgIpc) is 3.43. The zero-order valence-corrected chi connectivity index (χ0v) is 31.9. The Morgan fingerprint density at radius 1 is 0.827 bits per heavy atom. The fraction of sp³-hybridized carbons (Fsp3) is 0.421. The van der Waals surface area contributed by atoms with Crippen LogP contribution in [0.5, 0.6) is 0 Å². The molecule has 4 rings (SSSR count). The number of fused-ring (bicyclic) bond motifs is 2. The molecule has 0 aliphatic carbocycles. The van der Waals surface area contributed by atoms with Crippen molar-refractivity contribution in [1.82, 2.24) is 0 Å². The van der Waals surface area contributed by atoms with E-state index in [0.29, 0.717) is 45.6 Å². The number of carboxylic acids is 1. The van der Waals surface area contributed by atoms with Crippen LogP contribution in [0.25, 0.3) is 0 Å². The molecule has 0 amide bonds. The summed E-state index contributed by atoms with van der Waals surface area (Å²) in [5.41, 5.74) is 3.83. The van der Waals surface area contributed by atoms with E-state index in [9.17, 15) is 30.7 Å². The summed E-state index contributed by atoms with van der Waals surface area (Å²) in [5, 5.41) is 9.05. The largest absolute Gasteiger partial charge is 0.481 e. The molecular weight excluding hydrogens is 709 g/mol. The monoisotopic (exact) mass is 757 g/mol. The van der Waals surface area contributed by atoms with Crippen molar-refractivity contribution in [2.75, 3.05) is 45.4 Å². The molecule has 0 spiro atoms. The Balaban J connectivity index is 1.63. The molecule has 3 N–H and O–H groups in total. The average molecular weight is 758 g/mol. The van der Waals surface area contributed by atoms with Gasteiger partial charge in [-0.3, -0.25) is 13.9 Å². The predicted octanol–water partition coefficient (Wildman–Crippen LogP) is 6.21. The Bertz CT molecular complexity index is 2030. The van der Waals surface area contributed by atoms with Gasteiger partial charge in [-0.25, -0.2) is 0 Å². The van der Waals surface area contributed by atoms with Crippen LogP contribution in [0, 0.1) is 0 Å². The van der Waals surface area contributed by atoms with Crippen LogP contribution in [0.1, 0.15) is 64.0 Å². The normalized spacial score (nSPS) is 19.5. The molecule has 0 saturated carbocycles. The molecule has 282 valence electrons. The van der Waals surface area contributed by atoms with E-state index in [1.54, 1.807) is 26.4 Å². The number of methoxy groups -OCH3 is 2. The Morgan fingerprint density at radius 2 is 1.44 bits per heavy atom. The number of anilines is 1. The van der Waals surface area contributed by atoms with Gasteiger partial charge in [0.2, 0.25) is 5.69 Å². The number of allylic oxidation sites excluding steroid dienone is 8. The first-order chi connectivity index (χ1) is 24.5. The van der Waals surface area contributed by atoms with Gasteiger partial charge in [-0.05, 0) is 82.0 Å². The summed E-state index contributed by atoms with van der Waals surface area (Å²) in [6.07, 6.45) is 16.0. The third kappa shape index (κ3) is 9.17. The molecule has 0 fully saturated rings. The Labute approximate surface area is 307 Å². The van der Waals surface area contributed by atoms with E-state index in [0.717, 1.165) is 40.3 Å². The van der Waals surface area contributed by atoms with E-state index >= 15 is 0 Å². The summed E-state index contributed by atoms with van der Waals surface area (Å²) in [6, 6.07) is 9.23. The maximum absolute atomic E-state index is 12.1. The summed E-state index contributed by atoms with van der Waals surface area (Å²) >= 11 is 0. The first-order valence-electron chi connectivity index (χ1n) is 17.0. The third-order valence-electron chi connectivity index (χ3n) is 9.72. The molecule has 2 aromatic carbocycles. The van der Waals surface area contributed by atoms with Gasteiger partial charge < -0.3 is 19.5 Å². The summed E-state index contributed by atoms with van der Waals surface area (Å²) < 4.78 is 80.3. The Kier molecular flexibility index (Phi) is 13.2. The van der Waals surface area contributed by atoms with Gasteiger partial charge >= 0.3 is 5.97 Å². The molecule has 1 atom stereocenters. The number of hydrogen-bond acceptors (Lipinski definition) is 8. The van der Waals surface area contributed by atoms with Crippen molar-refractivity contribution < 1.29 is 49.9 Å². The van der Waals surface area contributed by atoms with Crippen LogP contribution in [0.2, 0.25) is 0 Å². The van der Waals surface area contributed by atoms with Crippen LogP contribution in [-0.4, -0.2) is 87.8 Å². The molecule has 52 heavy (non-hydrogen) atoms. The third-order valence-corrected chi connectivity index (χ3v) is 11.4. The molecule has 14 heteroatoms. The highest BCUT2D eigenvalue weighted by molar-refractivity contribution is 7.86. The second kappa shape index (κ2) is 16.8. The van der Waals surface area contributed by atoms with E-state index in [4.69, 9.17) is 14.6 Å². The fourth-order valence-electron chi connectivity index (χ4n) is 6.95. The fourth-order valence-corrected chi connectivity index (χ4v) is 7.96. The SMILES string of the molecule is COCC[N+]1=C(/C=C/C=C/C=C/C=C2/N(CCCCCC(=O)O)c3ccc(S(=O)(=O)O)cc3C2(C)CCOC)C(C)(C)c2cc(S(=O)(=O)O)ccc21. The molecule has 2 aliphatic rings. The Morgan fingerprint density at radius 3 is 2.08 bits per heavy atom. The van der Waals surface area contributed by atoms with Gasteiger partial charge in [-0.15, -0.1) is 0 Å². The van der Waals surface area contributed by atoms with Gasteiger partial charge in [0.05, 0.1) is 15.2 Å². The first kappa shape index (κ1) is 40.8. The molecule has 12 nitrogen and oxygen atoms in total. The van der Waals surface area contributed by atoms with Gasteiger partial charge in [0.1, 0.15) is 6.61 Å². The van der Waals surface area contributed by atoms with Crippen LogP contribution >= 0.6 is 0 Å². The molecule has 2 heterocycles. The summed E-state index contributed by atoms with van der Waals surface area (Å²) in [7, 11) is -5.58. The summed E-state index contributed by atoms with van der Waals surface area (Å²) in [5.74, 6) is -0.835. The summed E-state index contributed by atoms with van der Waals surface area (Å²) in [4.78, 5) is 12.8. The number of unbranched alkanes of at least 4 members (excludes halogenated alkanes) is 2. The topological polar surface area (TPSA) is 171 Å². The van der Waals surface area contributed by atoms with Crippen molar-refractivity contribution >= 4 is 43.3 Å². The highest BCUT2D eigenvalue weighted by Gasteiger charge is 2.45. The maximum Gasteiger partial charge on any atom is 0.303 e. The van der Waals surface area contributed by atoms with E-state index in [1.165, 1.54) is 24.3 Å². The maximum atomic E-state index is 12.1. The van der Waals surface area contributed by atoms with Crippen LogP contribution in [-0.2, 0) is 45.3 Å². The van der Waals surface area contributed by atoms with Crippen LogP contribution in [0.15, 0.2) is 94.4 Å². The minimum atomic E-state index is -4.44. The van der Waals surface area contributed by atoms with Crippen molar-refractivity contribution in [2.45, 2.75) is 73.5 Å². The number of carboxylic acid groups (broad SMARTS) is 1. The van der Waals surface area contributed by atoms with Crippen molar-refractivity contribution in [3.63, 3.8) is 0 Å². The first-order valence-corrected chi connectivity index (χ1v) is 19.9. The van der Waals surface area contributed by atoms with E-state index in [1.807, 2.05) is 63.3 Å². The van der Waals surface area contributed by atoms with Crippen LogP contribution in [0.3, 0.4) is 0 Å². The second-order valence-corrected chi connectivity index (χ2v) is 16.4. The predicted molar refractivity (Wildman–Crippen MR) is 200 cm³/mol. The number of benzene rings is 2. The van der Waals surface area contributed by atoms with Gasteiger partial charge in [-0.2, -0.15) is 21.4 Å². The highest BCUT2D eigenvalue weighted by atomic mass is 32.2. The quantitative estimate of drug-likeness (QED) is 0.0683. The van der Waals surface area contributed by atoms with Crippen LogP contribution < -0.4 is 4.90 Å². The highest BCUT2D eigenvalue weighted by Crippen LogP contribution is 2.51. The zero-order valence-electron chi connectivity index (χ0n) is 30.3. The lowest BCUT2D eigenvalue weighted by atomic mass is 9.78. The lowest BCUT2D eigenvalue weighted by Crippen LogP contribution is -2.30. The smallest absolute Gasteiger partial charge is 0.303 e. The lowest BCUT2D eigenvalue weighted by Gasteiger charge is -2.30. The Hall–Kier alpha value is -3.92. The van der Waals surface area contributed by atoms with E-state index in [-0.39, 0.29) is 16.2 Å². The van der Waals surface area contributed by atoms with Crippen molar-refractivity contribution in [2.24, 2.45) is 0 Å². The van der Waals surface area contributed by atoms with Gasteiger partial charge in [0.25, 0.3) is 20.2 Å². The van der Waals surface area contributed by atoms with Gasteiger partial charge in [0.15, 0.2) is 12.3 Å². The van der Waals surface area contributed by atoms with Gasteiger partial charge in [-0.1, -0.05) is 36.8 Å². The van der Waals surface area contributed by atoms with Crippen molar-refractivity contribution in [3.05, 3.63) is 95.8 Å². The van der Waals surface area contributed by atoms with Crippen molar-refractivity contribution in [3.8, 4) is 0 Å². The second-order valence-electron chi connectivity index (χ2n) is 13.6. The molecule has 2 aromatic rings. The number of rotatable bonds is 18. The number of nitrogens with zero attached hydrogens (tertiary/aromatic N) is 2. The number of aliphatic carboxylic acids is 1. The van der Waals surface area contributed by atoms with Crippen LogP contribution in [0.4, 0.5) is 11.4 Å². The summed E-state index contributed by atoms with van der Waals surface area (Å²) in [6.45, 7) is 8.00.